The molecule has 0 spiro atoms. The van der Waals surface area contributed by atoms with E-state index in [1.807, 2.05) is 36.5 Å². The highest BCUT2D eigenvalue weighted by atomic mass is 35.5. The van der Waals surface area contributed by atoms with Gasteiger partial charge in [0.15, 0.2) is 0 Å². The standard InChI is InChI=1S/C21H21N7O.2ClH/c1-29-19-12-16(21-24-10-11-25-21)6-7-18(19)28-13-17(26-27-28)14-2-4-15(5-3-14)20-22-8-9-23-20;;/h2-7,12-13H,8-11H2,1H3,(H,22,23)(H,24,25);2*1H. The average molecular weight is 460 g/mol. The SMILES string of the molecule is COc1cc(C2=NCCN2)ccc1-n1cc(-c2ccc(C3=NCCN3)cc2)nn1.Cl.Cl. The van der Waals surface area contributed by atoms with E-state index in [4.69, 9.17) is 4.74 Å². The fourth-order valence-corrected chi connectivity index (χ4v) is 3.51. The van der Waals surface area contributed by atoms with Crippen LogP contribution in [0.3, 0.4) is 0 Å². The molecular formula is C21H23Cl2N7O. The Morgan fingerprint density at radius 1 is 0.839 bits per heavy atom. The van der Waals surface area contributed by atoms with Gasteiger partial charge in [-0.2, -0.15) is 0 Å². The molecule has 162 valence electrons. The molecular weight excluding hydrogens is 437 g/mol. The molecule has 0 unspecified atom stereocenters. The highest BCUT2D eigenvalue weighted by molar-refractivity contribution is 6.00. The second kappa shape index (κ2) is 9.80. The van der Waals surface area contributed by atoms with Gasteiger partial charge in [0.1, 0.15) is 28.8 Å². The third-order valence-electron chi connectivity index (χ3n) is 5.00. The van der Waals surface area contributed by atoms with Crippen LogP contribution < -0.4 is 15.4 Å². The third kappa shape index (κ3) is 4.50. The first-order chi connectivity index (χ1) is 14.3. The van der Waals surface area contributed by atoms with E-state index in [2.05, 4.69) is 43.1 Å². The Hall–Kier alpha value is -3.10. The summed E-state index contributed by atoms with van der Waals surface area (Å²) in [6, 6.07) is 14.1. The van der Waals surface area contributed by atoms with Gasteiger partial charge in [-0.05, 0) is 18.2 Å². The van der Waals surface area contributed by atoms with Crippen molar-refractivity contribution in [2.45, 2.75) is 0 Å². The molecule has 2 N–H and O–H groups in total. The fourth-order valence-electron chi connectivity index (χ4n) is 3.51. The maximum Gasteiger partial charge on any atom is 0.145 e. The van der Waals surface area contributed by atoms with Gasteiger partial charge in [-0.15, -0.1) is 29.9 Å². The van der Waals surface area contributed by atoms with E-state index in [-0.39, 0.29) is 24.8 Å². The van der Waals surface area contributed by atoms with Crippen LogP contribution in [0.25, 0.3) is 16.9 Å². The predicted molar refractivity (Wildman–Crippen MR) is 127 cm³/mol. The molecule has 3 aromatic rings. The monoisotopic (exact) mass is 459 g/mol. The van der Waals surface area contributed by atoms with E-state index in [0.29, 0.717) is 0 Å². The van der Waals surface area contributed by atoms with E-state index in [0.717, 1.165) is 71.7 Å². The number of methoxy groups -OCH3 is 1. The van der Waals surface area contributed by atoms with Gasteiger partial charge in [0, 0.05) is 29.8 Å². The lowest BCUT2D eigenvalue weighted by Gasteiger charge is -2.10. The van der Waals surface area contributed by atoms with Gasteiger partial charge in [0.25, 0.3) is 0 Å². The lowest BCUT2D eigenvalue weighted by molar-refractivity contribution is 0.411. The smallest absolute Gasteiger partial charge is 0.145 e. The molecule has 0 fully saturated rings. The van der Waals surface area contributed by atoms with Gasteiger partial charge < -0.3 is 15.4 Å². The number of halogens is 2. The Bertz CT molecular complexity index is 1110. The van der Waals surface area contributed by atoms with Crippen molar-refractivity contribution in [3.05, 3.63) is 59.8 Å². The maximum atomic E-state index is 5.60. The minimum Gasteiger partial charge on any atom is -0.494 e. The first-order valence-corrected chi connectivity index (χ1v) is 9.60. The van der Waals surface area contributed by atoms with Crippen LogP contribution in [0.5, 0.6) is 5.75 Å². The molecule has 0 saturated carbocycles. The predicted octanol–water partition coefficient (Wildman–Crippen LogP) is 2.49. The second-order valence-electron chi connectivity index (χ2n) is 6.83. The molecule has 0 amide bonds. The van der Waals surface area contributed by atoms with Crippen molar-refractivity contribution in [3.8, 4) is 22.7 Å². The summed E-state index contributed by atoms with van der Waals surface area (Å²) in [6.45, 7) is 3.40. The number of hydrogen-bond acceptors (Lipinski definition) is 7. The van der Waals surface area contributed by atoms with Crippen LogP contribution in [0.15, 0.2) is 58.6 Å². The van der Waals surface area contributed by atoms with E-state index in [1.54, 1.807) is 11.8 Å². The molecule has 2 aliphatic rings. The Kier molecular flexibility index (Phi) is 7.14. The quantitative estimate of drug-likeness (QED) is 0.611. The molecule has 5 rings (SSSR count). The van der Waals surface area contributed by atoms with Crippen LogP contribution in [0.2, 0.25) is 0 Å². The zero-order valence-electron chi connectivity index (χ0n) is 16.9. The molecule has 3 heterocycles. The number of ether oxygens (including phenoxy) is 1. The molecule has 0 bridgehead atoms. The van der Waals surface area contributed by atoms with Crippen molar-refractivity contribution < 1.29 is 4.74 Å². The Labute approximate surface area is 192 Å². The first-order valence-electron chi connectivity index (χ1n) is 9.60. The van der Waals surface area contributed by atoms with E-state index < -0.39 is 0 Å². The van der Waals surface area contributed by atoms with Crippen molar-refractivity contribution in [1.29, 1.82) is 0 Å². The number of aromatic nitrogens is 3. The molecule has 2 aromatic carbocycles. The Morgan fingerprint density at radius 2 is 1.45 bits per heavy atom. The molecule has 0 radical (unpaired) electrons. The van der Waals surface area contributed by atoms with Crippen molar-refractivity contribution >= 4 is 36.5 Å². The fraction of sp³-hybridized carbons (Fsp3) is 0.238. The molecule has 8 nitrogen and oxygen atoms in total. The molecule has 2 aliphatic heterocycles. The normalized spacial score (nSPS) is 14.5. The van der Waals surface area contributed by atoms with Gasteiger partial charge in [0.2, 0.25) is 0 Å². The van der Waals surface area contributed by atoms with Crippen LogP contribution in [0.4, 0.5) is 0 Å². The Morgan fingerprint density at radius 3 is 2.06 bits per heavy atom. The van der Waals surface area contributed by atoms with Gasteiger partial charge in [0.05, 0.1) is 26.4 Å². The number of benzene rings is 2. The summed E-state index contributed by atoms with van der Waals surface area (Å²) in [5.74, 6) is 2.57. The average Bonchev–Trinajstić information content (AvgIpc) is 3.56. The highest BCUT2D eigenvalue weighted by Gasteiger charge is 2.15. The maximum absolute atomic E-state index is 5.60. The van der Waals surface area contributed by atoms with Crippen molar-refractivity contribution in [2.24, 2.45) is 9.98 Å². The van der Waals surface area contributed by atoms with Crippen molar-refractivity contribution in [1.82, 2.24) is 25.6 Å². The van der Waals surface area contributed by atoms with Crippen molar-refractivity contribution in [3.63, 3.8) is 0 Å². The zero-order chi connectivity index (χ0) is 19.6. The van der Waals surface area contributed by atoms with Gasteiger partial charge in [-0.3, -0.25) is 9.98 Å². The Balaban J connectivity index is 0.00000136. The lowest BCUT2D eigenvalue weighted by Crippen LogP contribution is -2.19. The summed E-state index contributed by atoms with van der Waals surface area (Å²) < 4.78 is 7.33. The second-order valence-corrected chi connectivity index (χ2v) is 6.83. The zero-order valence-corrected chi connectivity index (χ0v) is 18.5. The topological polar surface area (TPSA) is 88.7 Å². The summed E-state index contributed by atoms with van der Waals surface area (Å²) in [5.41, 5.74) is 4.71. The number of amidine groups is 2. The summed E-state index contributed by atoms with van der Waals surface area (Å²) in [5, 5.41) is 15.2. The largest absolute Gasteiger partial charge is 0.494 e. The first kappa shape index (κ1) is 22.6. The van der Waals surface area contributed by atoms with Crippen LogP contribution in [0, 0.1) is 0 Å². The van der Waals surface area contributed by atoms with Crippen LogP contribution in [-0.2, 0) is 0 Å². The highest BCUT2D eigenvalue weighted by Crippen LogP contribution is 2.26. The van der Waals surface area contributed by atoms with E-state index in [1.165, 1.54) is 0 Å². The molecule has 1 aromatic heterocycles. The molecule has 0 aliphatic carbocycles. The number of rotatable bonds is 5. The summed E-state index contributed by atoms with van der Waals surface area (Å²) in [6.07, 6.45) is 1.91. The molecule has 31 heavy (non-hydrogen) atoms. The lowest BCUT2D eigenvalue weighted by atomic mass is 10.1. The number of hydrogen-bond donors (Lipinski definition) is 2. The van der Waals surface area contributed by atoms with E-state index in [9.17, 15) is 0 Å². The van der Waals surface area contributed by atoms with Gasteiger partial charge in [-0.1, -0.05) is 29.5 Å². The van der Waals surface area contributed by atoms with Gasteiger partial charge in [-0.25, -0.2) is 4.68 Å². The minimum atomic E-state index is 0. The van der Waals surface area contributed by atoms with E-state index >= 15 is 0 Å². The number of aliphatic imine (C=N–C) groups is 2. The van der Waals surface area contributed by atoms with Crippen molar-refractivity contribution in [2.75, 3.05) is 33.3 Å². The summed E-state index contributed by atoms with van der Waals surface area (Å²) in [4.78, 5) is 8.92. The van der Waals surface area contributed by atoms with Crippen LogP contribution in [0.1, 0.15) is 11.1 Å². The van der Waals surface area contributed by atoms with Crippen LogP contribution >= 0.6 is 24.8 Å². The van der Waals surface area contributed by atoms with Gasteiger partial charge >= 0.3 is 0 Å². The summed E-state index contributed by atoms with van der Waals surface area (Å²) >= 11 is 0. The summed E-state index contributed by atoms with van der Waals surface area (Å²) in [7, 11) is 1.66. The molecule has 10 heteroatoms. The molecule has 0 atom stereocenters. The van der Waals surface area contributed by atoms with Crippen LogP contribution in [-0.4, -0.2) is 60.0 Å². The minimum absolute atomic E-state index is 0. The number of nitrogens with one attached hydrogen (secondary N) is 2. The third-order valence-corrected chi connectivity index (χ3v) is 5.00. The molecule has 0 saturated heterocycles. The number of nitrogens with zero attached hydrogens (tertiary/aromatic N) is 5.